The molecule has 0 saturated heterocycles. The standard InChI is InChI=1S/C27H26Cl2N4O4/c28-19-4-5-21(29)23(10-19)33-31-22(14-37-27-11-15-6-16(12-27)8-17(7-15)13-27)24(32-33)25(34)30-20-3-1-2-18(9-20)26(35)36/h1-5,9-10,15-17H,6-8,11-14H2,(H,30,34)(H,35,36). The van der Waals surface area contributed by atoms with Crippen LogP contribution in [0.5, 0.6) is 0 Å². The first-order chi connectivity index (χ1) is 17.8. The van der Waals surface area contributed by atoms with Gasteiger partial charge in [0.25, 0.3) is 5.91 Å². The summed E-state index contributed by atoms with van der Waals surface area (Å²) in [5.41, 5.74) is 1.15. The van der Waals surface area contributed by atoms with E-state index in [4.69, 9.17) is 27.9 Å². The molecule has 3 aromatic rings. The van der Waals surface area contributed by atoms with Crippen LogP contribution in [0.25, 0.3) is 5.69 Å². The lowest BCUT2D eigenvalue weighted by atomic mass is 9.54. The molecule has 2 aromatic carbocycles. The summed E-state index contributed by atoms with van der Waals surface area (Å²) in [7, 11) is 0. The normalized spacial score (nSPS) is 25.8. The minimum Gasteiger partial charge on any atom is -0.478 e. The molecule has 0 unspecified atom stereocenters. The summed E-state index contributed by atoms with van der Waals surface area (Å²) in [6, 6.07) is 11.0. The van der Waals surface area contributed by atoms with E-state index in [2.05, 4.69) is 15.5 Å². The van der Waals surface area contributed by atoms with Crippen LogP contribution < -0.4 is 5.32 Å². The number of anilines is 1. The molecule has 1 amide bonds. The van der Waals surface area contributed by atoms with Crippen LogP contribution in [0.2, 0.25) is 10.0 Å². The molecule has 2 N–H and O–H groups in total. The summed E-state index contributed by atoms with van der Waals surface area (Å²) in [5.74, 6) is 0.558. The molecule has 192 valence electrons. The van der Waals surface area contributed by atoms with Gasteiger partial charge in [0.05, 0.1) is 22.8 Å². The van der Waals surface area contributed by atoms with Gasteiger partial charge in [-0.15, -0.1) is 15.0 Å². The molecule has 0 spiro atoms. The number of carboxylic acid groups (broad SMARTS) is 1. The highest BCUT2D eigenvalue weighted by Gasteiger charge is 2.51. The first kappa shape index (κ1) is 24.4. The van der Waals surface area contributed by atoms with Gasteiger partial charge in [0.2, 0.25) is 0 Å². The summed E-state index contributed by atoms with van der Waals surface area (Å²) in [5, 5.41) is 21.9. The van der Waals surface area contributed by atoms with Crippen molar-refractivity contribution < 1.29 is 19.4 Å². The van der Waals surface area contributed by atoms with Crippen molar-refractivity contribution in [1.29, 1.82) is 0 Å². The van der Waals surface area contributed by atoms with Crippen LogP contribution in [0, 0.1) is 17.8 Å². The molecule has 4 saturated carbocycles. The van der Waals surface area contributed by atoms with E-state index in [9.17, 15) is 14.7 Å². The summed E-state index contributed by atoms with van der Waals surface area (Å²) in [6.45, 7) is 0.141. The van der Waals surface area contributed by atoms with Crippen LogP contribution in [0.3, 0.4) is 0 Å². The van der Waals surface area contributed by atoms with E-state index in [0.717, 1.165) is 37.0 Å². The fourth-order valence-corrected chi connectivity index (χ4v) is 7.07. The van der Waals surface area contributed by atoms with Gasteiger partial charge >= 0.3 is 5.97 Å². The lowest BCUT2D eigenvalue weighted by Crippen LogP contribution is -2.51. The van der Waals surface area contributed by atoms with E-state index >= 15 is 0 Å². The number of benzene rings is 2. The smallest absolute Gasteiger partial charge is 0.335 e. The molecule has 0 radical (unpaired) electrons. The number of rotatable bonds is 7. The Bertz CT molecular complexity index is 1350. The number of carbonyl (C=O) groups is 2. The summed E-state index contributed by atoms with van der Waals surface area (Å²) < 4.78 is 6.59. The number of aromatic nitrogens is 3. The average Bonchev–Trinajstić information content (AvgIpc) is 3.28. The van der Waals surface area contributed by atoms with Crippen molar-refractivity contribution in [2.75, 3.05) is 5.32 Å². The topological polar surface area (TPSA) is 106 Å². The third-order valence-electron chi connectivity index (χ3n) is 7.89. The van der Waals surface area contributed by atoms with Crippen molar-refractivity contribution in [2.45, 2.75) is 50.7 Å². The molecule has 37 heavy (non-hydrogen) atoms. The third kappa shape index (κ3) is 4.85. The van der Waals surface area contributed by atoms with Crippen molar-refractivity contribution >= 4 is 40.8 Å². The van der Waals surface area contributed by atoms with Gasteiger partial charge in [-0.2, -0.15) is 0 Å². The van der Waals surface area contributed by atoms with Crippen LogP contribution >= 0.6 is 23.2 Å². The zero-order valence-corrected chi connectivity index (χ0v) is 21.5. The molecule has 4 aliphatic rings. The highest BCUT2D eigenvalue weighted by atomic mass is 35.5. The second-order valence-corrected chi connectivity index (χ2v) is 11.5. The van der Waals surface area contributed by atoms with Gasteiger partial charge < -0.3 is 15.2 Å². The minimum absolute atomic E-state index is 0.0672. The molecule has 1 heterocycles. The minimum atomic E-state index is -1.08. The first-order valence-corrected chi connectivity index (χ1v) is 13.2. The summed E-state index contributed by atoms with van der Waals surface area (Å²) in [4.78, 5) is 26.0. The number of ether oxygens (including phenoxy) is 1. The molecular weight excluding hydrogens is 515 g/mol. The molecule has 7 rings (SSSR count). The van der Waals surface area contributed by atoms with Gasteiger partial charge in [-0.1, -0.05) is 29.3 Å². The predicted octanol–water partition coefficient (Wildman–Crippen LogP) is 6.01. The van der Waals surface area contributed by atoms with Crippen molar-refractivity contribution in [2.24, 2.45) is 17.8 Å². The number of nitrogens with zero attached hydrogens (tertiary/aromatic N) is 3. The van der Waals surface area contributed by atoms with Gasteiger partial charge in [0.15, 0.2) is 5.69 Å². The van der Waals surface area contributed by atoms with Crippen molar-refractivity contribution in [3.05, 3.63) is 69.5 Å². The summed E-state index contributed by atoms with van der Waals surface area (Å²) >= 11 is 12.6. The largest absolute Gasteiger partial charge is 0.478 e. The third-order valence-corrected chi connectivity index (χ3v) is 8.44. The number of hydrogen-bond donors (Lipinski definition) is 2. The van der Waals surface area contributed by atoms with Crippen molar-refractivity contribution in [3.8, 4) is 5.69 Å². The lowest BCUT2D eigenvalue weighted by molar-refractivity contribution is -0.169. The predicted molar refractivity (Wildman–Crippen MR) is 138 cm³/mol. The number of halogens is 2. The monoisotopic (exact) mass is 540 g/mol. The summed E-state index contributed by atoms with van der Waals surface area (Å²) in [6.07, 6.45) is 7.06. The maximum atomic E-state index is 13.3. The number of amides is 1. The van der Waals surface area contributed by atoms with Crippen LogP contribution in [0.1, 0.15) is 65.1 Å². The van der Waals surface area contributed by atoms with E-state index in [1.165, 1.54) is 36.2 Å². The Balaban J connectivity index is 1.30. The van der Waals surface area contributed by atoms with Crippen molar-refractivity contribution in [3.63, 3.8) is 0 Å². The Morgan fingerprint density at radius 1 is 1.03 bits per heavy atom. The Labute approximate surface area is 223 Å². The lowest BCUT2D eigenvalue weighted by Gasteiger charge is -2.56. The number of hydrogen-bond acceptors (Lipinski definition) is 5. The van der Waals surface area contributed by atoms with Gasteiger partial charge in [-0.05, 0) is 92.7 Å². The highest BCUT2D eigenvalue weighted by Crippen LogP contribution is 2.57. The molecule has 10 heteroatoms. The van der Waals surface area contributed by atoms with E-state index in [-0.39, 0.29) is 23.5 Å². The molecule has 0 aliphatic heterocycles. The molecule has 0 atom stereocenters. The second kappa shape index (κ2) is 9.42. The maximum absolute atomic E-state index is 13.3. The van der Waals surface area contributed by atoms with Gasteiger partial charge in [-0.25, -0.2) is 4.79 Å². The average molecular weight is 541 g/mol. The Morgan fingerprint density at radius 2 is 1.73 bits per heavy atom. The Kier molecular flexibility index (Phi) is 6.21. The quantitative estimate of drug-likeness (QED) is 0.380. The molecule has 4 aliphatic carbocycles. The number of nitrogens with one attached hydrogen (secondary N) is 1. The molecule has 4 fully saturated rings. The number of aromatic carboxylic acids is 1. The molecule has 1 aromatic heterocycles. The van der Waals surface area contributed by atoms with Crippen LogP contribution in [0.15, 0.2) is 42.5 Å². The van der Waals surface area contributed by atoms with E-state index in [1.807, 2.05) is 0 Å². The SMILES string of the molecule is O=C(O)c1cccc(NC(=O)c2nn(-c3cc(Cl)ccc3Cl)nc2COC23CC4CC(CC(C4)C2)C3)c1. The van der Waals surface area contributed by atoms with Gasteiger partial charge in [0.1, 0.15) is 11.4 Å². The van der Waals surface area contributed by atoms with Gasteiger partial charge in [0, 0.05) is 10.7 Å². The first-order valence-electron chi connectivity index (χ1n) is 12.5. The van der Waals surface area contributed by atoms with Crippen LogP contribution in [-0.4, -0.2) is 37.6 Å². The number of carbonyl (C=O) groups excluding carboxylic acids is 1. The Hall–Kier alpha value is -2.94. The van der Waals surface area contributed by atoms with Gasteiger partial charge in [-0.3, -0.25) is 4.79 Å². The fraction of sp³-hybridized carbons (Fsp3) is 0.407. The second-order valence-electron chi connectivity index (χ2n) is 10.6. The van der Waals surface area contributed by atoms with E-state index in [0.29, 0.717) is 27.1 Å². The molecule has 4 bridgehead atoms. The van der Waals surface area contributed by atoms with Crippen LogP contribution in [-0.2, 0) is 11.3 Å². The molecular formula is C27H26Cl2N4O4. The van der Waals surface area contributed by atoms with E-state index < -0.39 is 11.9 Å². The molecule has 8 nitrogen and oxygen atoms in total. The highest BCUT2D eigenvalue weighted by molar-refractivity contribution is 6.34. The van der Waals surface area contributed by atoms with Crippen LogP contribution in [0.4, 0.5) is 5.69 Å². The number of carboxylic acids is 1. The van der Waals surface area contributed by atoms with Crippen molar-refractivity contribution in [1.82, 2.24) is 15.0 Å². The van der Waals surface area contributed by atoms with E-state index in [1.54, 1.807) is 30.3 Å². The zero-order valence-electron chi connectivity index (χ0n) is 20.0. The maximum Gasteiger partial charge on any atom is 0.335 e. The Morgan fingerprint density at radius 3 is 2.41 bits per heavy atom. The fourth-order valence-electron chi connectivity index (χ4n) is 6.71. The zero-order chi connectivity index (χ0) is 25.7.